The van der Waals surface area contributed by atoms with Gasteiger partial charge in [0.05, 0.1) is 16.6 Å². The van der Waals surface area contributed by atoms with Gasteiger partial charge in [-0.3, -0.25) is 4.98 Å². The van der Waals surface area contributed by atoms with Gasteiger partial charge >= 0.3 is 11.8 Å². The van der Waals surface area contributed by atoms with Gasteiger partial charge in [-0.25, -0.2) is 9.95 Å². The van der Waals surface area contributed by atoms with E-state index in [1.165, 1.54) is 12.3 Å². The SMILES string of the molecule is O=c1o[nH]c2c1cnc1cc(C(F)(F)F)ccc12. The topological polar surface area (TPSA) is 58.9 Å². The molecule has 92 valence electrons. The summed E-state index contributed by atoms with van der Waals surface area (Å²) in [5.41, 5.74) is -0.889. The summed E-state index contributed by atoms with van der Waals surface area (Å²) in [5, 5.41) is 3.00. The molecule has 0 aliphatic rings. The molecule has 1 aromatic carbocycles. The van der Waals surface area contributed by atoms with Gasteiger partial charge in [-0.15, -0.1) is 0 Å². The van der Waals surface area contributed by atoms with Crippen molar-refractivity contribution in [1.29, 1.82) is 0 Å². The predicted octanol–water partition coefficient (Wildman–Crippen LogP) is 2.69. The Morgan fingerprint density at radius 1 is 1.22 bits per heavy atom. The van der Waals surface area contributed by atoms with Gasteiger partial charge in [-0.2, -0.15) is 13.2 Å². The van der Waals surface area contributed by atoms with E-state index in [0.29, 0.717) is 10.9 Å². The molecular weight excluding hydrogens is 249 g/mol. The Hall–Kier alpha value is -2.31. The van der Waals surface area contributed by atoms with Crippen LogP contribution in [0.25, 0.3) is 21.8 Å². The van der Waals surface area contributed by atoms with Crippen molar-refractivity contribution in [3.8, 4) is 0 Å². The first-order chi connectivity index (χ1) is 8.47. The molecule has 18 heavy (non-hydrogen) atoms. The van der Waals surface area contributed by atoms with Crippen LogP contribution in [0, 0.1) is 0 Å². The van der Waals surface area contributed by atoms with Crippen LogP contribution in [0.5, 0.6) is 0 Å². The quantitative estimate of drug-likeness (QED) is 0.671. The van der Waals surface area contributed by atoms with E-state index in [4.69, 9.17) is 0 Å². The molecule has 4 nitrogen and oxygen atoms in total. The first-order valence-electron chi connectivity index (χ1n) is 4.94. The van der Waals surface area contributed by atoms with Gasteiger partial charge in [0.25, 0.3) is 0 Å². The maximum absolute atomic E-state index is 12.5. The smallest absolute Gasteiger partial charge is 0.338 e. The van der Waals surface area contributed by atoms with E-state index < -0.39 is 17.4 Å². The Kier molecular flexibility index (Phi) is 2.01. The first-order valence-corrected chi connectivity index (χ1v) is 4.94. The normalized spacial score (nSPS) is 12.4. The van der Waals surface area contributed by atoms with Gasteiger partial charge in [0.15, 0.2) is 0 Å². The molecule has 7 heteroatoms. The predicted molar refractivity (Wildman–Crippen MR) is 57.1 cm³/mol. The Morgan fingerprint density at radius 2 is 2.00 bits per heavy atom. The molecule has 0 saturated carbocycles. The van der Waals surface area contributed by atoms with Gasteiger partial charge in [0.1, 0.15) is 5.39 Å². The second-order valence-corrected chi connectivity index (χ2v) is 3.77. The van der Waals surface area contributed by atoms with Gasteiger partial charge < -0.3 is 4.52 Å². The van der Waals surface area contributed by atoms with Crippen molar-refractivity contribution in [2.45, 2.75) is 6.18 Å². The maximum Gasteiger partial charge on any atom is 0.416 e. The van der Waals surface area contributed by atoms with Gasteiger partial charge in [-0.1, -0.05) is 0 Å². The van der Waals surface area contributed by atoms with Crippen LogP contribution in [0.3, 0.4) is 0 Å². The summed E-state index contributed by atoms with van der Waals surface area (Å²) in [7, 11) is 0. The zero-order valence-electron chi connectivity index (χ0n) is 8.71. The molecule has 0 aliphatic carbocycles. The van der Waals surface area contributed by atoms with Crippen LogP contribution in [-0.4, -0.2) is 10.1 Å². The fourth-order valence-electron chi connectivity index (χ4n) is 1.79. The molecular formula is C11H5F3N2O2. The number of hydrogen-bond donors (Lipinski definition) is 1. The molecule has 1 N–H and O–H groups in total. The molecule has 0 bridgehead atoms. The minimum absolute atomic E-state index is 0.148. The number of pyridine rings is 1. The second kappa shape index (κ2) is 3.34. The number of nitrogens with one attached hydrogen (secondary N) is 1. The summed E-state index contributed by atoms with van der Waals surface area (Å²) < 4.78 is 42.2. The lowest BCUT2D eigenvalue weighted by molar-refractivity contribution is -0.137. The summed E-state index contributed by atoms with van der Waals surface area (Å²) in [4.78, 5) is 15.1. The van der Waals surface area contributed by atoms with Crippen molar-refractivity contribution < 1.29 is 17.7 Å². The van der Waals surface area contributed by atoms with Crippen LogP contribution in [0.4, 0.5) is 13.2 Å². The number of hydrogen-bond acceptors (Lipinski definition) is 3. The number of alkyl halides is 3. The fourth-order valence-corrected chi connectivity index (χ4v) is 1.79. The van der Waals surface area contributed by atoms with Crippen molar-refractivity contribution in [1.82, 2.24) is 10.1 Å². The van der Waals surface area contributed by atoms with Crippen LogP contribution < -0.4 is 5.63 Å². The summed E-state index contributed by atoms with van der Waals surface area (Å²) >= 11 is 0. The van der Waals surface area contributed by atoms with E-state index >= 15 is 0 Å². The standard InChI is InChI=1S/C11H5F3N2O2/c12-11(13,14)5-1-2-6-8(3-5)15-4-7-9(6)16-18-10(7)17/h1-4,16H. The highest BCUT2D eigenvalue weighted by molar-refractivity contribution is 6.02. The van der Waals surface area contributed by atoms with Gasteiger partial charge in [-0.05, 0) is 18.2 Å². The van der Waals surface area contributed by atoms with E-state index in [1.807, 2.05) is 0 Å². The van der Waals surface area contributed by atoms with Gasteiger partial charge in [0, 0.05) is 11.6 Å². The van der Waals surface area contributed by atoms with Crippen molar-refractivity contribution in [3.63, 3.8) is 0 Å². The Bertz CT molecular complexity index is 801. The van der Waals surface area contributed by atoms with E-state index in [9.17, 15) is 18.0 Å². The number of H-pyrrole nitrogens is 1. The number of benzene rings is 1. The number of halogens is 3. The lowest BCUT2D eigenvalue weighted by atomic mass is 10.1. The Labute approximate surface area is 97.0 Å². The minimum atomic E-state index is -4.42. The van der Waals surface area contributed by atoms with Crippen molar-refractivity contribution in [3.05, 3.63) is 40.4 Å². The minimum Gasteiger partial charge on any atom is -0.338 e. The van der Waals surface area contributed by atoms with E-state index in [2.05, 4.69) is 14.7 Å². The molecule has 0 radical (unpaired) electrons. The van der Waals surface area contributed by atoms with Crippen molar-refractivity contribution in [2.24, 2.45) is 0 Å². The third-order valence-electron chi connectivity index (χ3n) is 2.66. The van der Waals surface area contributed by atoms with Crippen molar-refractivity contribution in [2.75, 3.05) is 0 Å². The molecule has 0 atom stereocenters. The van der Waals surface area contributed by atoms with Crippen LogP contribution >= 0.6 is 0 Å². The molecule has 0 fully saturated rings. The molecule has 2 aromatic heterocycles. The zero-order valence-corrected chi connectivity index (χ0v) is 8.71. The highest BCUT2D eigenvalue weighted by Crippen LogP contribution is 2.31. The summed E-state index contributed by atoms with van der Waals surface area (Å²) in [5.74, 6) is 0. The van der Waals surface area contributed by atoms with Crippen molar-refractivity contribution >= 4 is 21.8 Å². The average Bonchev–Trinajstić information content (AvgIpc) is 2.69. The van der Waals surface area contributed by atoms with E-state index in [0.717, 1.165) is 12.1 Å². The first kappa shape index (κ1) is 10.8. The largest absolute Gasteiger partial charge is 0.416 e. The monoisotopic (exact) mass is 254 g/mol. The number of fused-ring (bicyclic) bond motifs is 3. The number of aromatic amines is 1. The van der Waals surface area contributed by atoms with Crippen LogP contribution in [0.1, 0.15) is 5.56 Å². The molecule has 0 unspecified atom stereocenters. The number of aromatic nitrogens is 2. The Balaban J connectivity index is 2.38. The fraction of sp³-hybridized carbons (Fsp3) is 0.0909. The van der Waals surface area contributed by atoms with E-state index in [-0.39, 0.29) is 10.9 Å². The molecule has 3 rings (SSSR count). The second-order valence-electron chi connectivity index (χ2n) is 3.77. The highest BCUT2D eigenvalue weighted by atomic mass is 19.4. The maximum atomic E-state index is 12.5. The number of rotatable bonds is 0. The summed E-state index contributed by atoms with van der Waals surface area (Å²) in [6.07, 6.45) is -3.23. The van der Waals surface area contributed by atoms with Crippen LogP contribution in [-0.2, 0) is 6.18 Å². The number of nitrogens with zero attached hydrogens (tertiary/aromatic N) is 1. The summed E-state index contributed by atoms with van der Waals surface area (Å²) in [6.45, 7) is 0. The molecule has 0 spiro atoms. The molecule has 0 amide bonds. The van der Waals surface area contributed by atoms with Crippen LogP contribution in [0.15, 0.2) is 33.7 Å². The highest BCUT2D eigenvalue weighted by Gasteiger charge is 2.30. The lowest BCUT2D eigenvalue weighted by Crippen LogP contribution is -2.04. The third-order valence-corrected chi connectivity index (χ3v) is 2.66. The lowest BCUT2D eigenvalue weighted by Gasteiger charge is -2.07. The van der Waals surface area contributed by atoms with Gasteiger partial charge in [0.2, 0.25) is 0 Å². The molecule has 0 saturated heterocycles. The third kappa shape index (κ3) is 1.47. The molecule has 3 aromatic rings. The molecule has 2 heterocycles. The van der Waals surface area contributed by atoms with Crippen LogP contribution in [0.2, 0.25) is 0 Å². The molecule has 0 aliphatic heterocycles. The average molecular weight is 254 g/mol. The zero-order chi connectivity index (χ0) is 12.9. The summed E-state index contributed by atoms with van der Waals surface area (Å²) in [6, 6.07) is 3.13. The Morgan fingerprint density at radius 3 is 2.72 bits per heavy atom. The van der Waals surface area contributed by atoms with E-state index in [1.54, 1.807) is 0 Å².